The molecule has 0 spiro atoms. The van der Waals surface area contributed by atoms with Gasteiger partial charge >= 0.3 is 6.03 Å². The Morgan fingerprint density at radius 2 is 1.70 bits per heavy atom. The quantitative estimate of drug-likeness (QED) is 0.638. The lowest BCUT2D eigenvalue weighted by molar-refractivity contribution is -0.384. The van der Waals surface area contributed by atoms with E-state index in [1.165, 1.54) is 6.07 Å². The van der Waals surface area contributed by atoms with Crippen molar-refractivity contribution in [3.8, 4) is 0 Å². The molecule has 1 aromatic rings. The summed E-state index contributed by atoms with van der Waals surface area (Å²) in [4.78, 5) is 41.0. The van der Waals surface area contributed by atoms with E-state index in [0.29, 0.717) is 44.0 Å². The SMILES string of the molecule is CCNC(=O)N1CCN(C(=O)c2ccc(N3CCCC3)c([N+](=O)[O-])c2)CC1. The molecule has 146 valence electrons. The van der Waals surface area contributed by atoms with Gasteiger partial charge in [-0.15, -0.1) is 0 Å². The van der Waals surface area contributed by atoms with E-state index in [2.05, 4.69) is 5.32 Å². The van der Waals surface area contributed by atoms with Gasteiger partial charge in [0.05, 0.1) is 4.92 Å². The molecule has 1 aromatic carbocycles. The lowest BCUT2D eigenvalue weighted by Gasteiger charge is -2.34. The van der Waals surface area contributed by atoms with Crippen LogP contribution in [0.25, 0.3) is 0 Å². The van der Waals surface area contributed by atoms with Gasteiger partial charge in [-0.3, -0.25) is 14.9 Å². The molecule has 2 aliphatic rings. The average molecular weight is 375 g/mol. The molecule has 0 radical (unpaired) electrons. The molecule has 3 rings (SSSR count). The fraction of sp³-hybridized carbons (Fsp3) is 0.556. The molecule has 0 saturated carbocycles. The zero-order chi connectivity index (χ0) is 19.4. The first kappa shape index (κ1) is 18.9. The highest BCUT2D eigenvalue weighted by atomic mass is 16.6. The molecular formula is C18H25N5O4. The van der Waals surface area contributed by atoms with Crippen LogP contribution in [0, 0.1) is 10.1 Å². The zero-order valence-electron chi connectivity index (χ0n) is 15.5. The monoisotopic (exact) mass is 375 g/mol. The smallest absolute Gasteiger partial charge is 0.317 e. The minimum atomic E-state index is -0.419. The number of carbonyl (C=O) groups excluding carboxylic acids is 2. The van der Waals surface area contributed by atoms with Gasteiger partial charge in [0.1, 0.15) is 5.69 Å². The minimum absolute atomic E-state index is 0.0243. The first-order valence-corrected chi connectivity index (χ1v) is 9.36. The molecule has 0 unspecified atom stereocenters. The van der Waals surface area contributed by atoms with Crippen molar-refractivity contribution in [2.24, 2.45) is 0 Å². The van der Waals surface area contributed by atoms with Crippen LogP contribution in [0.2, 0.25) is 0 Å². The Morgan fingerprint density at radius 3 is 2.30 bits per heavy atom. The number of urea groups is 1. The predicted molar refractivity (Wildman–Crippen MR) is 101 cm³/mol. The molecule has 1 N–H and O–H groups in total. The summed E-state index contributed by atoms with van der Waals surface area (Å²) in [7, 11) is 0. The van der Waals surface area contributed by atoms with Gasteiger partial charge in [-0.1, -0.05) is 0 Å². The molecule has 0 bridgehead atoms. The molecular weight excluding hydrogens is 350 g/mol. The molecule has 2 fully saturated rings. The third-order valence-electron chi connectivity index (χ3n) is 5.05. The Bertz CT molecular complexity index is 724. The number of nitrogens with zero attached hydrogens (tertiary/aromatic N) is 4. The van der Waals surface area contributed by atoms with Crippen LogP contribution in [0.1, 0.15) is 30.1 Å². The van der Waals surface area contributed by atoms with Crippen LogP contribution in [-0.4, -0.2) is 72.5 Å². The van der Waals surface area contributed by atoms with E-state index in [1.807, 2.05) is 11.8 Å². The summed E-state index contributed by atoms with van der Waals surface area (Å²) in [6, 6.07) is 4.60. The molecule has 2 saturated heterocycles. The van der Waals surface area contributed by atoms with Gasteiger partial charge in [-0.2, -0.15) is 0 Å². The molecule has 27 heavy (non-hydrogen) atoms. The molecule has 3 amide bonds. The van der Waals surface area contributed by atoms with Crippen LogP contribution in [0.4, 0.5) is 16.2 Å². The van der Waals surface area contributed by atoms with E-state index >= 15 is 0 Å². The Hall–Kier alpha value is -2.84. The van der Waals surface area contributed by atoms with E-state index in [1.54, 1.807) is 21.9 Å². The highest BCUT2D eigenvalue weighted by molar-refractivity contribution is 5.96. The maximum atomic E-state index is 12.8. The summed E-state index contributed by atoms with van der Waals surface area (Å²) in [5.74, 6) is -0.235. The van der Waals surface area contributed by atoms with Gasteiger partial charge in [-0.05, 0) is 31.9 Å². The number of carbonyl (C=O) groups is 2. The molecule has 0 aromatic heterocycles. The lowest BCUT2D eigenvalue weighted by atomic mass is 10.1. The molecule has 9 nitrogen and oxygen atoms in total. The van der Waals surface area contributed by atoms with E-state index < -0.39 is 4.92 Å². The second kappa shape index (κ2) is 8.24. The summed E-state index contributed by atoms with van der Waals surface area (Å²) in [5.41, 5.74) is 0.870. The standard InChI is InChI=1S/C18H25N5O4/c1-2-19-18(25)22-11-9-21(10-12-22)17(24)14-5-6-15(16(13-14)23(26)27)20-7-3-4-8-20/h5-6,13H,2-4,7-12H2,1H3,(H,19,25). The van der Waals surface area contributed by atoms with Gasteiger partial charge in [0.25, 0.3) is 11.6 Å². The number of nitrogens with one attached hydrogen (secondary N) is 1. The third kappa shape index (κ3) is 4.12. The summed E-state index contributed by atoms with van der Waals surface area (Å²) in [6.45, 7) is 5.75. The average Bonchev–Trinajstić information content (AvgIpc) is 3.22. The maximum absolute atomic E-state index is 12.8. The van der Waals surface area contributed by atoms with Crippen molar-refractivity contribution in [2.45, 2.75) is 19.8 Å². The molecule has 0 atom stereocenters. The zero-order valence-corrected chi connectivity index (χ0v) is 15.5. The summed E-state index contributed by atoms with van der Waals surface area (Å²) in [6.07, 6.45) is 2.04. The number of hydrogen-bond acceptors (Lipinski definition) is 5. The van der Waals surface area contributed by atoms with Crippen molar-refractivity contribution >= 4 is 23.3 Å². The molecule has 0 aliphatic carbocycles. The van der Waals surface area contributed by atoms with E-state index in [0.717, 1.165) is 25.9 Å². The van der Waals surface area contributed by atoms with Crippen molar-refractivity contribution in [3.63, 3.8) is 0 Å². The lowest BCUT2D eigenvalue weighted by Crippen LogP contribution is -2.53. The highest BCUT2D eigenvalue weighted by Crippen LogP contribution is 2.32. The van der Waals surface area contributed by atoms with Crippen molar-refractivity contribution < 1.29 is 14.5 Å². The van der Waals surface area contributed by atoms with Gasteiger partial charge in [0.15, 0.2) is 0 Å². The number of amides is 3. The second-order valence-corrected chi connectivity index (χ2v) is 6.77. The van der Waals surface area contributed by atoms with Gasteiger partial charge < -0.3 is 20.0 Å². The second-order valence-electron chi connectivity index (χ2n) is 6.77. The van der Waals surface area contributed by atoms with Crippen LogP contribution in [0.3, 0.4) is 0 Å². The highest BCUT2D eigenvalue weighted by Gasteiger charge is 2.28. The van der Waals surface area contributed by atoms with Gasteiger partial charge in [-0.25, -0.2) is 4.79 Å². The Balaban J connectivity index is 1.71. The fourth-order valence-electron chi connectivity index (χ4n) is 3.59. The van der Waals surface area contributed by atoms with Crippen LogP contribution < -0.4 is 10.2 Å². The van der Waals surface area contributed by atoms with Crippen LogP contribution in [0.5, 0.6) is 0 Å². The van der Waals surface area contributed by atoms with Crippen molar-refractivity contribution in [1.29, 1.82) is 0 Å². The molecule has 2 aliphatic heterocycles. The van der Waals surface area contributed by atoms with Crippen molar-refractivity contribution in [3.05, 3.63) is 33.9 Å². The molecule has 2 heterocycles. The summed E-state index contributed by atoms with van der Waals surface area (Å²) in [5, 5.41) is 14.3. The molecule has 9 heteroatoms. The maximum Gasteiger partial charge on any atom is 0.317 e. The normalized spacial score (nSPS) is 17.1. The number of nitro groups is 1. The number of anilines is 1. The number of hydrogen-bond donors (Lipinski definition) is 1. The van der Waals surface area contributed by atoms with Gasteiger partial charge in [0, 0.05) is 57.4 Å². The minimum Gasteiger partial charge on any atom is -0.366 e. The Morgan fingerprint density at radius 1 is 1.07 bits per heavy atom. The topological polar surface area (TPSA) is 99.0 Å². The van der Waals surface area contributed by atoms with Crippen molar-refractivity contribution in [1.82, 2.24) is 15.1 Å². The van der Waals surface area contributed by atoms with Crippen LogP contribution in [0.15, 0.2) is 18.2 Å². The first-order valence-electron chi connectivity index (χ1n) is 9.36. The Kier molecular flexibility index (Phi) is 5.78. The number of benzene rings is 1. The summed E-state index contributed by atoms with van der Waals surface area (Å²) >= 11 is 0. The predicted octanol–water partition coefficient (Wildman–Crippen LogP) is 1.68. The van der Waals surface area contributed by atoms with E-state index in [9.17, 15) is 19.7 Å². The number of piperazine rings is 1. The number of nitro benzene ring substituents is 1. The van der Waals surface area contributed by atoms with Crippen molar-refractivity contribution in [2.75, 3.05) is 50.7 Å². The van der Waals surface area contributed by atoms with E-state index in [-0.39, 0.29) is 17.6 Å². The number of rotatable bonds is 4. The van der Waals surface area contributed by atoms with Crippen LogP contribution >= 0.6 is 0 Å². The first-order chi connectivity index (χ1) is 13.0. The Labute approximate surface area is 158 Å². The van der Waals surface area contributed by atoms with Gasteiger partial charge in [0.2, 0.25) is 0 Å². The van der Waals surface area contributed by atoms with E-state index in [4.69, 9.17) is 0 Å². The fourth-order valence-corrected chi connectivity index (χ4v) is 3.59. The van der Waals surface area contributed by atoms with Crippen LogP contribution in [-0.2, 0) is 0 Å². The summed E-state index contributed by atoms with van der Waals surface area (Å²) < 4.78 is 0. The third-order valence-corrected chi connectivity index (χ3v) is 5.05. The largest absolute Gasteiger partial charge is 0.366 e.